The van der Waals surface area contributed by atoms with E-state index in [1.165, 1.54) is 51.9 Å². The average Bonchev–Trinajstić information content (AvgIpc) is 2.57. The van der Waals surface area contributed by atoms with Crippen LogP contribution >= 0.6 is 7.60 Å². The van der Waals surface area contributed by atoms with Crippen molar-refractivity contribution in [1.29, 1.82) is 0 Å². The topological polar surface area (TPSA) is 118 Å². The van der Waals surface area contributed by atoms with Gasteiger partial charge in [0, 0.05) is 0 Å². The van der Waals surface area contributed by atoms with E-state index < -0.39 is 28.9 Å². The molecule has 0 amide bonds. The van der Waals surface area contributed by atoms with Gasteiger partial charge in [-0.1, -0.05) is 90.9 Å². The summed E-state index contributed by atoms with van der Waals surface area (Å²) in [5, 5.41) is -1.80. The van der Waals surface area contributed by atoms with Crippen LogP contribution in [0, 0.1) is 0 Å². The van der Waals surface area contributed by atoms with Crippen LogP contribution in [0.4, 0.5) is 0 Å². The van der Waals surface area contributed by atoms with E-state index in [9.17, 15) is 27.2 Å². The van der Waals surface area contributed by atoms with Crippen LogP contribution in [0.5, 0.6) is 0 Å². The summed E-state index contributed by atoms with van der Waals surface area (Å²) in [6, 6.07) is 0. The summed E-state index contributed by atoms with van der Waals surface area (Å²) >= 11 is 0. The Morgan fingerprint density at radius 2 is 1.30 bits per heavy atom. The van der Waals surface area contributed by atoms with E-state index >= 15 is 0 Å². The lowest BCUT2D eigenvalue weighted by atomic mass is 10.0. The minimum Gasteiger partial charge on any atom is -0.391 e. The quantitative estimate of drug-likeness (QED) is 0.188. The molecule has 7 nitrogen and oxygen atoms in total. The highest BCUT2D eigenvalue weighted by atomic mass is 32.2. The Balaban J connectivity index is 3.96. The molecule has 0 heterocycles. The maximum absolute atomic E-state index is 11.8. The third kappa shape index (κ3) is 14.3. The van der Waals surface area contributed by atoms with Gasteiger partial charge in [-0.15, -0.1) is 0 Å². The van der Waals surface area contributed by atoms with Gasteiger partial charge in [0.15, 0.2) is 5.25 Å². The van der Waals surface area contributed by atoms with Gasteiger partial charge in [0.25, 0.3) is 10.1 Å². The van der Waals surface area contributed by atoms with Crippen LogP contribution in [-0.2, 0) is 24.0 Å². The van der Waals surface area contributed by atoms with Gasteiger partial charge in [-0.2, -0.15) is 8.42 Å². The van der Waals surface area contributed by atoms with E-state index in [1.807, 2.05) is 0 Å². The van der Waals surface area contributed by atoms with E-state index in [0.29, 0.717) is 6.42 Å². The second kappa shape index (κ2) is 14.6. The van der Waals surface area contributed by atoms with Gasteiger partial charge in [0.1, 0.15) is 0 Å². The number of hydrogen-bond donors (Lipinski definition) is 2. The van der Waals surface area contributed by atoms with Crippen molar-refractivity contribution < 1.29 is 31.7 Å². The van der Waals surface area contributed by atoms with Crippen molar-refractivity contribution in [3.8, 4) is 0 Å². The second-order valence-electron chi connectivity index (χ2n) is 7.05. The molecule has 0 aromatic heterocycles. The van der Waals surface area contributed by atoms with Crippen LogP contribution in [0.3, 0.4) is 0 Å². The van der Waals surface area contributed by atoms with Crippen LogP contribution in [0.1, 0.15) is 97.3 Å². The lowest BCUT2D eigenvalue weighted by Crippen LogP contribution is -2.31. The minimum absolute atomic E-state index is 0.112. The Morgan fingerprint density at radius 3 is 1.67 bits per heavy atom. The fraction of sp³-hybridized carbons (Fsp3) is 0.944. The molecule has 27 heavy (non-hydrogen) atoms. The highest BCUT2D eigenvalue weighted by Gasteiger charge is 2.35. The summed E-state index contributed by atoms with van der Waals surface area (Å²) in [5.74, 6) is -1.35. The van der Waals surface area contributed by atoms with E-state index in [0.717, 1.165) is 25.7 Å². The Kier molecular flexibility index (Phi) is 14.3. The molecule has 0 bridgehead atoms. The van der Waals surface area contributed by atoms with Gasteiger partial charge in [-0.05, 0) is 6.42 Å². The molecular formula is C18H37O7PS. The molecule has 0 radical (unpaired) electrons. The molecule has 0 aromatic rings. The first-order valence-electron chi connectivity index (χ1n) is 10.2. The normalized spacial score (nSPS) is 15.3. The lowest BCUT2D eigenvalue weighted by Gasteiger charge is -2.15. The minimum atomic E-state index is -4.67. The molecule has 2 atom stereocenters. The predicted octanol–water partition coefficient (Wildman–Crippen LogP) is 5.08. The van der Waals surface area contributed by atoms with Crippen LogP contribution in [-0.4, -0.2) is 35.2 Å². The zero-order chi connectivity index (χ0) is 20.8. The zero-order valence-corrected chi connectivity index (χ0v) is 18.5. The van der Waals surface area contributed by atoms with E-state index in [4.69, 9.17) is 0 Å². The first-order valence-corrected chi connectivity index (χ1v) is 13.4. The summed E-state index contributed by atoms with van der Waals surface area (Å²) in [6.07, 6.45) is 12.8. The van der Waals surface area contributed by atoms with Gasteiger partial charge in [-0.25, -0.2) is 4.57 Å². The van der Waals surface area contributed by atoms with Crippen molar-refractivity contribution in [3.63, 3.8) is 0 Å². The first kappa shape index (κ1) is 26.6. The largest absolute Gasteiger partial charge is 0.391 e. The maximum Gasteiger partial charge on any atom is 0.378 e. The van der Waals surface area contributed by atoms with E-state index in [2.05, 4.69) is 11.4 Å². The molecule has 0 fully saturated rings. The lowest BCUT2D eigenvalue weighted by molar-refractivity contribution is -0.134. The molecular weight excluding hydrogens is 391 g/mol. The van der Waals surface area contributed by atoms with Gasteiger partial charge >= 0.3 is 13.6 Å². The Hall–Kier alpha value is -0.430. The molecule has 9 heteroatoms. The van der Waals surface area contributed by atoms with E-state index in [-0.39, 0.29) is 12.6 Å². The first-order chi connectivity index (χ1) is 12.6. The third-order valence-electron chi connectivity index (χ3n) is 4.57. The third-order valence-corrected chi connectivity index (χ3v) is 6.99. The smallest absolute Gasteiger partial charge is 0.378 e. The van der Waals surface area contributed by atoms with Crippen molar-refractivity contribution in [2.24, 2.45) is 0 Å². The molecule has 0 aliphatic carbocycles. The molecule has 0 aliphatic rings. The van der Waals surface area contributed by atoms with Crippen LogP contribution in [0.25, 0.3) is 0 Å². The van der Waals surface area contributed by atoms with Crippen molar-refractivity contribution in [2.75, 3.05) is 6.16 Å². The summed E-state index contributed by atoms with van der Waals surface area (Å²) in [6.45, 7) is 3.55. The average molecular weight is 429 g/mol. The monoisotopic (exact) mass is 428 g/mol. The Labute approximate surface area is 164 Å². The number of carbonyl (C=O) groups is 1. The van der Waals surface area contributed by atoms with Crippen molar-refractivity contribution in [3.05, 3.63) is 0 Å². The molecule has 162 valence electrons. The van der Waals surface area contributed by atoms with Crippen LogP contribution in [0.2, 0.25) is 0 Å². The molecule has 0 aliphatic heterocycles. The highest BCUT2D eigenvalue weighted by Crippen LogP contribution is 2.42. The molecule has 0 spiro atoms. The summed E-state index contributed by atoms with van der Waals surface area (Å²) in [5.41, 5.74) is 0. The summed E-state index contributed by atoms with van der Waals surface area (Å²) < 4.78 is 47.7. The van der Waals surface area contributed by atoms with Gasteiger partial charge in [-0.3, -0.25) is 9.35 Å². The SMILES string of the molecule is CCCCCCCCCCCCCCC(C(=O)OP(=O)(O)CC)S(=O)(=O)O. The summed E-state index contributed by atoms with van der Waals surface area (Å²) in [4.78, 5) is 21.1. The standard InChI is InChI=1S/C18H37O7PS/c1-3-5-6-7-8-9-10-11-12-13-14-15-16-17(27(22,23)24)18(19)25-26(20,21)4-2/h17H,3-16H2,1-2H3,(H,20,21)(H,22,23,24). The van der Waals surface area contributed by atoms with Crippen LogP contribution < -0.4 is 0 Å². The van der Waals surface area contributed by atoms with Crippen molar-refractivity contribution in [2.45, 2.75) is 103 Å². The predicted molar refractivity (Wildman–Crippen MR) is 107 cm³/mol. The van der Waals surface area contributed by atoms with Gasteiger partial charge in [0.2, 0.25) is 0 Å². The fourth-order valence-corrected chi connectivity index (χ4v) is 4.19. The second-order valence-corrected chi connectivity index (χ2v) is 10.7. The Morgan fingerprint density at radius 1 is 0.889 bits per heavy atom. The molecule has 0 saturated carbocycles. The van der Waals surface area contributed by atoms with Crippen molar-refractivity contribution >= 4 is 23.7 Å². The zero-order valence-electron chi connectivity index (χ0n) is 16.8. The van der Waals surface area contributed by atoms with Crippen molar-refractivity contribution in [1.82, 2.24) is 0 Å². The molecule has 0 saturated heterocycles. The number of hydrogen-bond acceptors (Lipinski definition) is 5. The maximum atomic E-state index is 11.8. The number of unbranched alkanes of at least 4 members (excludes halogenated alkanes) is 11. The Bertz CT molecular complexity index is 548. The molecule has 2 unspecified atom stereocenters. The number of rotatable bonds is 17. The summed E-state index contributed by atoms with van der Waals surface area (Å²) in [7, 11) is -8.81. The molecule has 0 aromatic carbocycles. The van der Waals surface area contributed by atoms with Gasteiger partial charge < -0.3 is 9.42 Å². The highest BCUT2D eigenvalue weighted by molar-refractivity contribution is 7.87. The molecule has 2 N–H and O–H groups in total. The molecule has 0 rings (SSSR count). The van der Waals surface area contributed by atoms with Crippen LogP contribution in [0.15, 0.2) is 0 Å². The van der Waals surface area contributed by atoms with Gasteiger partial charge in [0.05, 0.1) is 6.16 Å². The van der Waals surface area contributed by atoms with E-state index in [1.54, 1.807) is 0 Å². The fourth-order valence-electron chi connectivity index (χ4n) is 2.82. The number of carbonyl (C=O) groups excluding carboxylic acids is 1.